The van der Waals surface area contributed by atoms with Crippen molar-refractivity contribution in [2.75, 3.05) is 14.2 Å². The van der Waals surface area contributed by atoms with E-state index in [9.17, 15) is 0 Å². The van der Waals surface area contributed by atoms with E-state index < -0.39 is 0 Å². The maximum Gasteiger partial charge on any atom is 0.126 e. The van der Waals surface area contributed by atoms with Gasteiger partial charge in [-0.25, -0.2) is 0 Å². The van der Waals surface area contributed by atoms with Crippen LogP contribution in [0.25, 0.3) is 0 Å². The molecule has 1 aromatic carbocycles. The van der Waals surface area contributed by atoms with Gasteiger partial charge in [0, 0.05) is 11.1 Å². The van der Waals surface area contributed by atoms with Gasteiger partial charge in [-0.05, 0) is 43.2 Å². The van der Waals surface area contributed by atoms with Crippen LogP contribution in [0.4, 0.5) is 0 Å². The van der Waals surface area contributed by atoms with Crippen molar-refractivity contribution in [3.8, 4) is 11.5 Å². The molecule has 0 saturated carbocycles. The van der Waals surface area contributed by atoms with Crippen molar-refractivity contribution >= 4 is 0 Å². The molecule has 126 valence electrons. The minimum Gasteiger partial charge on any atom is -0.496 e. The largest absolute Gasteiger partial charge is 0.496 e. The first-order chi connectivity index (χ1) is 10.3. The second-order valence-corrected chi connectivity index (χ2v) is 7.23. The molecule has 2 heteroatoms. The Morgan fingerprint density at radius 2 is 1.36 bits per heavy atom. The minimum atomic E-state index is 0.0389. The Balaban J connectivity index is 3.44. The van der Waals surface area contributed by atoms with Crippen LogP contribution in [0.1, 0.15) is 75.6 Å². The number of benzene rings is 1. The summed E-state index contributed by atoms with van der Waals surface area (Å²) < 4.78 is 11.6. The molecule has 0 atom stereocenters. The van der Waals surface area contributed by atoms with Crippen molar-refractivity contribution in [1.29, 1.82) is 0 Å². The van der Waals surface area contributed by atoms with Crippen LogP contribution in [0.2, 0.25) is 0 Å². The van der Waals surface area contributed by atoms with Crippen molar-refractivity contribution in [2.24, 2.45) is 0 Å². The van der Waals surface area contributed by atoms with Gasteiger partial charge in [-0.15, -0.1) is 0 Å². The minimum absolute atomic E-state index is 0.0389. The summed E-state index contributed by atoms with van der Waals surface area (Å²) in [7, 11) is 3.57. The molecule has 22 heavy (non-hydrogen) atoms. The van der Waals surface area contributed by atoms with Crippen molar-refractivity contribution in [1.82, 2.24) is 0 Å². The van der Waals surface area contributed by atoms with E-state index in [0.717, 1.165) is 17.9 Å². The third-order valence-electron chi connectivity index (χ3n) is 4.49. The zero-order valence-electron chi connectivity index (χ0n) is 15.9. The molecule has 0 bridgehead atoms. The lowest BCUT2D eigenvalue weighted by molar-refractivity contribution is 0.377. The van der Waals surface area contributed by atoms with Crippen LogP contribution in [0, 0.1) is 13.8 Å². The summed E-state index contributed by atoms with van der Waals surface area (Å²) in [4.78, 5) is 0. The van der Waals surface area contributed by atoms with Crippen molar-refractivity contribution in [3.05, 3.63) is 22.3 Å². The van der Waals surface area contributed by atoms with E-state index in [2.05, 4.69) is 41.5 Å². The van der Waals surface area contributed by atoms with Crippen LogP contribution >= 0.6 is 0 Å². The molecule has 0 amide bonds. The zero-order valence-corrected chi connectivity index (χ0v) is 15.9. The normalized spacial score (nSPS) is 11.6. The summed E-state index contributed by atoms with van der Waals surface area (Å²) in [5, 5.41) is 0. The van der Waals surface area contributed by atoms with Gasteiger partial charge < -0.3 is 9.47 Å². The monoisotopic (exact) mass is 306 g/mol. The first-order valence-electron chi connectivity index (χ1n) is 8.54. The number of unbranched alkanes of at least 4 members (excludes halogenated alkanes) is 3. The number of hydrogen-bond acceptors (Lipinski definition) is 2. The SMILES string of the molecule is CCCCCCc1c(OC)c(C)c(C)c(OC)c1C(C)(C)C. The molecule has 1 rings (SSSR count). The van der Waals surface area contributed by atoms with E-state index in [1.807, 2.05) is 0 Å². The predicted molar refractivity (Wildman–Crippen MR) is 95.6 cm³/mol. The molecule has 0 saturated heterocycles. The van der Waals surface area contributed by atoms with E-state index >= 15 is 0 Å². The fraction of sp³-hybridized carbons (Fsp3) is 0.700. The third kappa shape index (κ3) is 3.97. The lowest BCUT2D eigenvalue weighted by Gasteiger charge is -2.30. The molecule has 2 nitrogen and oxygen atoms in total. The van der Waals surface area contributed by atoms with Crippen molar-refractivity contribution in [3.63, 3.8) is 0 Å². The summed E-state index contributed by atoms with van der Waals surface area (Å²) in [6.45, 7) is 13.3. The second-order valence-electron chi connectivity index (χ2n) is 7.23. The summed E-state index contributed by atoms with van der Waals surface area (Å²) in [5.74, 6) is 2.09. The van der Waals surface area contributed by atoms with Gasteiger partial charge in [-0.3, -0.25) is 0 Å². The second kappa shape index (κ2) is 7.89. The molecule has 0 heterocycles. The Hall–Kier alpha value is -1.18. The Kier molecular flexibility index (Phi) is 6.77. The van der Waals surface area contributed by atoms with Gasteiger partial charge in [0.2, 0.25) is 0 Å². The molecule has 0 aliphatic carbocycles. The number of ether oxygens (including phenoxy) is 2. The van der Waals surface area contributed by atoms with Gasteiger partial charge in [0.15, 0.2) is 0 Å². The lowest BCUT2D eigenvalue weighted by Crippen LogP contribution is -2.18. The van der Waals surface area contributed by atoms with Crippen LogP contribution in [0.5, 0.6) is 11.5 Å². The highest BCUT2D eigenvalue weighted by Crippen LogP contribution is 2.44. The number of hydrogen-bond donors (Lipinski definition) is 0. The van der Waals surface area contributed by atoms with Crippen LogP contribution in [-0.2, 0) is 11.8 Å². The van der Waals surface area contributed by atoms with Crippen LogP contribution in [0.15, 0.2) is 0 Å². The summed E-state index contributed by atoms with van der Waals surface area (Å²) in [6, 6.07) is 0. The van der Waals surface area contributed by atoms with Gasteiger partial charge >= 0.3 is 0 Å². The molecule has 0 aliphatic heterocycles. The Morgan fingerprint density at radius 1 is 0.818 bits per heavy atom. The van der Waals surface area contributed by atoms with Gasteiger partial charge in [-0.2, -0.15) is 0 Å². The molecule has 0 aromatic heterocycles. The maximum absolute atomic E-state index is 5.80. The van der Waals surface area contributed by atoms with E-state index in [0.29, 0.717) is 0 Å². The first kappa shape index (κ1) is 18.9. The molecule has 0 fully saturated rings. The summed E-state index contributed by atoms with van der Waals surface area (Å²) in [5.41, 5.74) is 5.09. The number of rotatable bonds is 7. The Labute approximate surface area is 137 Å². The van der Waals surface area contributed by atoms with E-state index in [1.165, 1.54) is 47.9 Å². The lowest BCUT2D eigenvalue weighted by atomic mass is 9.79. The highest BCUT2D eigenvalue weighted by Gasteiger charge is 2.28. The molecule has 0 spiro atoms. The average Bonchev–Trinajstić information content (AvgIpc) is 2.45. The maximum atomic E-state index is 5.80. The van der Waals surface area contributed by atoms with Crippen LogP contribution in [-0.4, -0.2) is 14.2 Å². The average molecular weight is 306 g/mol. The highest BCUT2D eigenvalue weighted by atomic mass is 16.5. The molecule has 0 unspecified atom stereocenters. The quantitative estimate of drug-likeness (QED) is 0.598. The molecule has 0 aliphatic rings. The van der Waals surface area contributed by atoms with Gasteiger partial charge in [0.25, 0.3) is 0 Å². The van der Waals surface area contributed by atoms with E-state index in [1.54, 1.807) is 14.2 Å². The van der Waals surface area contributed by atoms with E-state index in [-0.39, 0.29) is 5.41 Å². The van der Waals surface area contributed by atoms with Gasteiger partial charge in [-0.1, -0.05) is 47.0 Å². The van der Waals surface area contributed by atoms with Crippen molar-refractivity contribution < 1.29 is 9.47 Å². The smallest absolute Gasteiger partial charge is 0.126 e. The topological polar surface area (TPSA) is 18.5 Å². The summed E-state index contributed by atoms with van der Waals surface area (Å²) in [6.07, 6.45) is 6.11. The molecular formula is C20H34O2. The Morgan fingerprint density at radius 3 is 1.82 bits per heavy atom. The van der Waals surface area contributed by atoms with Crippen LogP contribution < -0.4 is 9.47 Å². The zero-order chi connectivity index (χ0) is 16.9. The summed E-state index contributed by atoms with van der Waals surface area (Å²) >= 11 is 0. The first-order valence-corrected chi connectivity index (χ1v) is 8.54. The highest BCUT2D eigenvalue weighted by molar-refractivity contribution is 5.60. The van der Waals surface area contributed by atoms with Gasteiger partial charge in [0.1, 0.15) is 11.5 Å². The van der Waals surface area contributed by atoms with Gasteiger partial charge in [0.05, 0.1) is 14.2 Å². The fourth-order valence-electron chi connectivity index (χ4n) is 3.30. The van der Waals surface area contributed by atoms with Crippen LogP contribution in [0.3, 0.4) is 0 Å². The molecule has 1 aromatic rings. The number of methoxy groups -OCH3 is 2. The Bertz CT molecular complexity index is 496. The third-order valence-corrected chi connectivity index (χ3v) is 4.49. The predicted octanol–water partition coefficient (Wildman–Crippen LogP) is 5.74. The molecule has 0 N–H and O–H groups in total. The molecule has 0 radical (unpaired) electrons. The fourth-order valence-corrected chi connectivity index (χ4v) is 3.30. The standard InChI is InChI=1S/C20H34O2/c1-9-10-11-12-13-16-17(20(4,5)6)19(22-8)15(3)14(2)18(16)21-7/h9-13H2,1-8H3. The van der Waals surface area contributed by atoms with E-state index in [4.69, 9.17) is 9.47 Å². The molecular weight excluding hydrogens is 272 g/mol. The van der Waals surface area contributed by atoms with Crippen molar-refractivity contribution in [2.45, 2.75) is 79.1 Å².